The van der Waals surface area contributed by atoms with Gasteiger partial charge in [0.2, 0.25) is 0 Å². The Bertz CT molecular complexity index is 418. The molecule has 0 aromatic heterocycles. The predicted octanol–water partition coefficient (Wildman–Crippen LogP) is 1.57. The number of piperidine rings is 1. The second-order valence-electron chi connectivity index (χ2n) is 5.81. The van der Waals surface area contributed by atoms with Crippen LogP contribution < -0.4 is 0 Å². The number of carbonyl (C=O) groups is 2. The van der Waals surface area contributed by atoms with Crippen LogP contribution in [0.3, 0.4) is 0 Å². The van der Waals surface area contributed by atoms with Crippen LogP contribution >= 0.6 is 0 Å². The summed E-state index contributed by atoms with van der Waals surface area (Å²) in [6.45, 7) is 4.21. The summed E-state index contributed by atoms with van der Waals surface area (Å²) in [6.07, 6.45) is -0.744. The first-order valence-electron chi connectivity index (χ1n) is 5.61. The van der Waals surface area contributed by atoms with E-state index in [0.29, 0.717) is 0 Å². The predicted molar refractivity (Wildman–Crippen MR) is 56.3 cm³/mol. The molecule has 2 aliphatic rings. The van der Waals surface area contributed by atoms with E-state index in [1.54, 1.807) is 20.8 Å². The lowest BCUT2D eigenvalue weighted by Crippen LogP contribution is -2.41. The average Bonchev–Trinajstić information content (AvgIpc) is 2.57. The zero-order chi connectivity index (χ0) is 13.9. The van der Waals surface area contributed by atoms with Crippen molar-refractivity contribution in [3.8, 4) is 0 Å². The van der Waals surface area contributed by atoms with Gasteiger partial charge in [0.15, 0.2) is 5.41 Å². The molecular weight excluding hydrogens is 248 g/mol. The molecule has 102 valence electrons. The maximum absolute atomic E-state index is 13.4. The number of likely N-dealkylation sites (tertiary alicyclic amines) is 1. The molecule has 2 rings (SSSR count). The van der Waals surface area contributed by atoms with Gasteiger partial charge in [0.1, 0.15) is 5.60 Å². The van der Waals surface area contributed by atoms with Crippen molar-refractivity contribution in [2.24, 2.45) is 11.3 Å². The van der Waals surface area contributed by atoms with Gasteiger partial charge in [-0.25, -0.2) is 13.6 Å². The molecule has 0 bridgehead atoms. The molecule has 1 saturated heterocycles. The monoisotopic (exact) mass is 263 g/mol. The van der Waals surface area contributed by atoms with E-state index in [0.717, 1.165) is 4.90 Å². The molecule has 7 heteroatoms. The molecule has 2 atom stereocenters. The van der Waals surface area contributed by atoms with E-state index < -0.39 is 41.5 Å². The van der Waals surface area contributed by atoms with Crippen LogP contribution in [0.4, 0.5) is 13.6 Å². The van der Waals surface area contributed by atoms with Gasteiger partial charge in [-0.05, 0) is 20.8 Å². The number of aliphatic carboxylic acids is 1. The number of amides is 1. The van der Waals surface area contributed by atoms with Crippen LogP contribution in [-0.4, -0.2) is 46.7 Å². The van der Waals surface area contributed by atoms with Gasteiger partial charge in [0.25, 0.3) is 5.92 Å². The third-order valence-electron chi connectivity index (χ3n) is 3.42. The molecule has 18 heavy (non-hydrogen) atoms. The van der Waals surface area contributed by atoms with Crippen LogP contribution in [0.15, 0.2) is 0 Å². The highest BCUT2D eigenvalue weighted by Crippen LogP contribution is 2.69. The average molecular weight is 263 g/mol. The van der Waals surface area contributed by atoms with Crippen molar-refractivity contribution in [1.82, 2.24) is 4.90 Å². The topological polar surface area (TPSA) is 66.8 Å². The van der Waals surface area contributed by atoms with Crippen LogP contribution in [0.2, 0.25) is 0 Å². The lowest BCUT2D eigenvalue weighted by atomic mass is 10.1. The van der Waals surface area contributed by atoms with Gasteiger partial charge in [0.05, 0.1) is 5.92 Å². The maximum atomic E-state index is 13.4. The molecule has 0 aromatic rings. The van der Waals surface area contributed by atoms with Crippen molar-refractivity contribution < 1.29 is 28.2 Å². The van der Waals surface area contributed by atoms with Gasteiger partial charge in [-0.2, -0.15) is 0 Å². The number of alkyl halides is 2. The normalized spacial score (nSPS) is 32.9. The molecule has 2 unspecified atom stereocenters. The van der Waals surface area contributed by atoms with Crippen LogP contribution in [0.5, 0.6) is 0 Å². The molecule has 2 fully saturated rings. The SMILES string of the molecule is CC(C)(C)OC(=O)N1CC2C(F)(F)C2(C(=O)O)C1. The molecule has 1 N–H and O–H groups in total. The van der Waals surface area contributed by atoms with E-state index in [9.17, 15) is 18.4 Å². The van der Waals surface area contributed by atoms with E-state index in [1.807, 2.05) is 0 Å². The summed E-state index contributed by atoms with van der Waals surface area (Å²) in [5.41, 5.74) is -2.84. The van der Waals surface area contributed by atoms with E-state index in [2.05, 4.69) is 0 Å². The molecule has 1 aliphatic carbocycles. The minimum absolute atomic E-state index is 0.270. The number of rotatable bonds is 1. The second-order valence-corrected chi connectivity index (χ2v) is 5.81. The smallest absolute Gasteiger partial charge is 0.410 e. The lowest BCUT2D eigenvalue weighted by Gasteiger charge is -2.26. The molecule has 0 radical (unpaired) electrons. The third kappa shape index (κ3) is 1.56. The van der Waals surface area contributed by atoms with Crippen molar-refractivity contribution in [3.63, 3.8) is 0 Å². The van der Waals surface area contributed by atoms with Crippen molar-refractivity contribution in [1.29, 1.82) is 0 Å². The Morgan fingerprint density at radius 3 is 2.33 bits per heavy atom. The fourth-order valence-electron chi connectivity index (χ4n) is 2.43. The Labute approximate surface area is 103 Å². The Kier molecular flexibility index (Phi) is 2.41. The summed E-state index contributed by atoms with van der Waals surface area (Å²) in [4.78, 5) is 23.7. The van der Waals surface area contributed by atoms with E-state index in [4.69, 9.17) is 9.84 Å². The highest BCUT2D eigenvalue weighted by molar-refractivity contribution is 5.84. The molecule has 5 nitrogen and oxygen atoms in total. The minimum Gasteiger partial charge on any atom is -0.481 e. The van der Waals surface area contributed by atoms with Crippen LogP contribution in [0, 0.1) is 11.3 Å². The first kappa shape index (κ1) is 13.0. The number of ether oxygens (including phenoxy) is 1. The summed E-state index contributed by atoms with van der Waals surface area (Å²) < 4.78 is 31.8. The minimum atomic E-state index is -3.22. The van der Waals surface area contributed by atoms with Crippen molar-refractivity contribution in [2.45, 2.75) is 32.3 Å². The molecule has 1 aliphatic heterocycles. The standard InChI is InChI=1S/C11H15F2NO4/c1-9(2,3)18-8(17)14-4-6-10(5-14,7(15)16)11(6,12)13/h6H,4-5H2,1-3H3,(H,15,16). The number of carboxylic acids is 1. The zero-order valence-electron chi connectivity index (χ0n) is 10.4. The van der Waals surface area contributed by atoms with Crippen molar-refractivity contribution in [3.05, 3.63) is 0 Å². The number of nitrogens with zero attached hydrogens (tertiary/aromatic N) is 1. The Morgan fingerprint density at radius 1 is 1.39 bits per heavy atom. The van der Waals surface area contributed by atoms with E-state index in [1.165, 1.54) is 0 Å². The molecule has 0 aromatic carbocycles. The first-order valence-corrected chi connectivity index (χ1v) is 5.61. The fraction of sp³-hybridized carbons (Fsp3) is 0.818. The van der Waals surface area contributed by atoms with Gasteiger partial charge in [0, 0.05) is 13.1 Å². The zero-order valence-corrected chi connectivity index (χ0v) is 10.4. The Balaban J connectivity index is 2.08. The Hall–Kier alpha value is -1.40. The largest absolute Gasteiger partial charge is 0.481 e. The number of carbonyl (C=O) groups excluding carboxylic acids is 1. The molecule has 1 amide bonds. The molecule has 1 heterocycles. The summed E-state index contributed by atoms with van der Waals surface area (Å²) in [5, 5.41) is 8.92. The molecular formula is C11H15F2NO4. The van der Waals surface area contributed by atoms with Crippen LogP contribution in [-0.2, 0) is 9.53 Å². The van der Waals surface area contributed by atoms with E-state index in [-0.39, 0.29) is 6.54 Å². The maximum Gasteiger partial charge on any atom is 0.410 e. The highest BCUT2D eigenvalue weighted by Gasteiger charge is 2.88. The highest BCUT2D eigenvalue weighted by atomic mass is 19.3. The van der Waals surface area contributed by atoms with Gasteiger partial charge < -0.3 is 14.7 Å². The molecule has 1 saturated carbocycles. The fourth-order valence-corrected chi connectivity index (χ4v) is 2.43. The third-order valence-corrected chi connectivity index (χ3v) is 3.42. The van der Waals surface area contributed by atoms with Gasteiger partial charge in [-0.1, -0.05) is 0 Å². The van der Waals surface area contributed by atoms with Crippen molar-refractivity contribution >= 4 is 12.1 Å². The van der Waals surface area contributed by atoms with Crippen LogP contribution in [0.25, 0.3) is 0 Å². The number of fused-ring (bicyclic) bond motifs is 1. The Morgan fingerprint density at radius 2 is 1.94 bits per heavy atom. The van der Waals surface area contributed by atoms with Gasteiger partial charge in [-0.15, -0.1) is 0 Å². The quantitative estimate of drug-likeness (QED) is 0.779. The summed E-state index contributed by atoms with van der Waals surface area (Å²) in [5.74, 6) is -6.07. The van der Waals surface area contributed by atoms with Crippen molar-refractivity contribution in [2.75, 3.05) is 13.1 Å². The van der Waals surface area contributed by atoms with Crippen LogP contribution in [0.1, 0.15) is 20.8 Å². The summed E-state index contributed by atoms with van der Waals surface area (Å²) in [7, 11) is 0. The number of hydrogen-bond acceptors (Lipinski definition) is 3. The first-order chi connectivity index (χ1) is 8.02. The molecule has 0 spiro atoms. The number of hydrogen-bond donors (Lipinski definition) is 1. The van der Waals surface area contributed by atoms with Gasteiger partial charge >= 0.3 is 12.1 Å². The second kappa shape index (κ2) is 3.33. The number of halogens is 2. The summed E-state index contributed by atoms with van der Waals surface area (Å²) in [6, 6.07) is 0. The lowest BCUT2D eigenvalue weighted by molar-refractivity contribution is -0.147. The van der Waals surface area contributed by atoms with E-state index >= 15 is 0 Å². The number of carboxylic acid groups (broad SMARTS) is 1. The summed E-state index contributed by atoms with van der Waals surface area (Å²) >= 11 is 0. The van der Waals surface area contributed by atoms with Gasteiger partial charge in [-0.3, -0.25) is 4.79 Å².